The number of hydrogen-bond donors (Lipinski definition) is 3. The van der Waals surface area contributed by atoms with Gasteiger partial charge in [0.25, 0.3) is 0 Å². The lowest BCUT2D eigenvalue weighted by Gasteiger charge is -2.01. The molecule has 1 rings (SSSR count). The number of ether oxygens (including phenoxy) is 1. The zero-order chi connectivity index (χ0) is 11.4. The maximum absolute atomic E-state index is 10.8. The van der Waals surface area contributed by atoms with Gasteiger partial charge in [-0.25, -0.2) is 9.59 Å². The molecule has 7 heteroatoms. The summed E-state index contributed by atoms with van der Waals surface area (Å²) in [6.07, 6.45) is -0.583. The zero-order valence-corrected chi connectivity index (χ0v) is 8.33. The van der Waals surface area contributed by atoms with E-state index in [1.54, 1.807) is 6.92 Å². The molecule has 1 aromatic rings. The molecular formula is C8H11N3O4. The molecule has 15 heavy (non-hydrogen) atoms. The molecule has 0 saturated carbocycles. The molecule has 0 atom stereocenters. The standard InChI is InChI=1S/C8H11N3O4/c1-4-5(3-9-8(14)15-2)10-11-6(4)7(12)13/h3H2,1-2H3,(H,9,14)(H,10,11)(H,12,13). The van der Waals surface area contributed by atoms with E-state index in [-0.39, 0.29) is 12.2 Å². The summed E-state index contributed by atoms with van der Waals surface area (Å²) in [7, 11) is 1.25. The van der Waals surface area contributed by atoms with E-state index < -0.39 is 12.1 Å². The number of H-pyrrole nitrogens is 1. The minimum absolute atomic E-state index is 0.0448. The molecule has 1 amide bonds. The second-order valence-corrected chi connectivity index (χ2v) is 2.83. The van der Waals surface area contributed by atoms with Gasteiger partial charge in [0.05, 0.1) is 19.3 Å². The summed E-state index contributed by atoms with van der Waals surface area (Å²) >= 11 is 0. The van der Waals surface area contributed by atoms with Gasteiger partial charge >= 0.3 is 12.1 Å². The van der Waals surface area contributed by atoms with Gasteiger partial charge in [-0.3, -0.25) is 5.10 Å². The molecule has 0 aliphatic heterocycles. The fraction of sp³-hybridized carbons (Fsp3) is 0.375. The van der Waals surface area contributed by atoms with Crippen molar-refractivity contribution in [1.82, 2.24) is 15.5 Å². The lowest BCUT2D eigenvalue weighted by molar-refractivity contribution is 0.0689. The normalized spacial score (nSPS) is 9.73. The summed E-state index contributed by atoms with van der Waals surface area (Å²) in [6, 6.07) is 0. The molecular weight excluding hydrogens is 202 g/mol. The summed E-state index contributed by atoms with van der Waals surface area (Å²) in [5.41, 5.74) is 0.994. The molecule has 0 spiro atoms. The van der Waals surface area contributed by atoms with Crippen LogP contribution in [0.5, 0.6) is 0 Å². The SMILES string of the molecule is COC(=O)NCc1[nH]nc(C(=O)O)c1C. The maximum Gasteiger partial charge on any atom is 0.407 e. The fourth-order valence-corrected chi connectivity index (χ4v) is 1.05. The fourth-order valence-electron chi connectivity index (χ4n) is 1.05. The van der Waals surface area contributed by atoms with Crippen molar-refractivity contribution in [3.8, 4) is 0 Å². The van der Waals surface area contributed by atoms with E-state index in [1.165, 1.54) is 7.11 Å². The van der Waals surface area contributed by atoms with Gasteiger partial charge < -0.3 is 15.2 Å². The van der Waals surface area contributed by atoms with Crippen molar-refractivity contribution < 1.29 is 19.4 Å². The molecule has 0 bridgehead atoms. The number of methoxy groups -OCH3 is 1. The third-order valence-electron chi connectivity index (χ3n) is 1.91. The monoisotopic (exact) mass is 213 g/mol. The number of hydrogen-bond acceptors (Lipinski definition) is 4. The van der Waals surface area contributed by atoms with Crippen LogP contribution in [0.4, 0.5) is 4.79 Å². The number of carbonyl (C=O) groups excluding carboxylic acids is 1. The lowest BCUT2D eigenvalue weighted by atomic mass is 10.2. The molecule has 1 aromatic heterocycles. The van der Waals surface area contributed by atoms with Crippen LogP contribution >= 0.6 is 0 Å². The van der Waals surface area contributed by atoms with Crippen LogP contribution in [0.25, 0.3) is 0 Å². The van der Waals surface area contributed by atoms with Gasteiger partial charge in [0.2, 0.25) is 0 Å². The van der Waals surface area contributed by atoms with E-state index >= 15 is 0 Å². The van der Waals surface area contributed by atoms with Crippen molar-refractivity contribution in [2.24, 2.45) is 0 Å². The first kappa shape index (κ1) is 11.0. The Bertz CT molecular complexity index is 385. The largest absolute Gasteiger partial charge is 0.476 e. The van der Waals surface area contributed by atoms with Crippen molar-refractivity contribution in [2.75, 3.05) is 7.11 Å². The average molecular weight is 213 g/mol. The van der Waals surface area contributed by atoms with Crippen molar-refractivity contribution in [2.45, 2.75) is 13.5 Å². The molecule has 0 fully saturated rings. The molecule has 82 valence electrons. The minimum atomic E-state index is -1.10. The van der Waals surface area contributed by atoms with E-state index in [4.69, 9.17) is 5.11 Å². The van der Waals surface area contributed by atoms with E-state index in [0.717, 1.165) is 0 Å². The zero-order valence-electron chi connectivity index (χ0n) is 8.33. The number of carboxylic acids is 1. The number of amides is 1. The Morgan fingerprint density at radius 2 is 2.27 bits per heavy atom. The van der Waals surface area contributed by atoms with Gasteiger partial charge in [-0.1, -0.05) is 0 Å². The highest BCUT2D eigenvalue weighted by molar-refractivity contribution is 5.87. The van der Waals surface area contributed by atoms with E-state index in [2.05, 4.69) is 20.3 Å². The van der Waals surface area contributed by atoms with Gasteiger partial charge in [-0.2, -0.15) is 5.10 Å². The molecule has 3 N–H and O–H groups in total. The molecule has 0 aliphatic rings. The second-order valence-electron chi connectivity index (χ2n) is 2.83. The van der Waals surface area contributed by atoms with Crippen molar-refractivity contribution in [3.05, 3.63) is 17.0 Å². The van der Waals surface area contributed by atoms with Gasteiger partial charge in [0.15, 0.2) is 5.69 Å². The summed E-state index contributed by atoms with van der Waals surface area (Å²) < 4.78 is 4.37. The number of aromatic amines is 1. The van der Waals surface area contributed by atoms with Crippen molar-refractivity contribution in [3.63, 3.8) is 0 Å². The van der Waals surface area contributed by atoms with Crippen LogP contribution in [0.2, 0.25) is 0 Å². The topological polar surface area (TPSA) is 104 Å². The highest BCUT2D eigenvalue weighted by Crippen LogP contribution is 2.09. The molecule has 7 nitrogen and oxygen atoms in total. The number of alkyl carbamates (subject to hydrolysis) is 1. The van der Waals surface area contributed by atoms with Crippen LogP contribution in [0.15, 0.2) is 0 Å². The quantitative estimate of drug-likeness (QED) is 0.668. The van der Waals surface area contributed by atoms with E-state index in [9.17, 15) is 9.59 Å². The van der Waals surface area contributed by atoms with Crippen LogP contribution in [0, 0.1) is 6.92 Å². The van der Waals surface area contributed by atoms with Gasteiger partial charge in [0, 0.05) is 5.56 Å². The van der Waals surface area contributed by atoms with Crippen LogP contribution in [0.1, 0.15) is 21.7 Å². The smallest absolute Gasteiger partial charge is 0.407 e. The average Bonchev–Trinajstić information content (AvgIpc) is 2.56. The van der Waals surface area contributed by atoms with Gasteiger partial charge in [-0.15, -0.1) is 0 Å². The van der Waals surface area contributed by atoms with Gasteiger partial charge in [0.1, 0.15) is 0 Å². The first-order valence-electron chi connectivity index (χ1n) is 4.15. The van der Waals surface area contributed by atoms with Gasteiger partial charge in [-0.05, 0) is 6.92 Å². The van der Waals surface area contributed by atoms with Crippen LogP contribution in [-0.2, 0) is 11.3 Å². The molecule has 0 saturated heterocycles. The van der Waals surface area contributed by atoms with Crippen LogP contribution < -0.4 is 5.32 Å². The third-order valence-corrected chi connectivity index (χ3v) is 1.91. The molecule has 1 heterocycles. The summed E-state index contributed by atoms with van der Waals surface area (Å²) in [4.78, 5) is 21.4. The number of carboxylic acid groups (broad SMARTS) is 1. The highest BCUT2D eigenvalue weighted by atomic mass is 16.5. The lowest BCUT2D eigenvalue weighted by Crippen LogP contribution is -2.22. The van der Waals surface area contributed by atoms with Crippen molar-refractivity contribution >= 4 is 12.1 Å². The van der Waals surface area contributed by atoms with Crippen LogP contribution in [-0.4, -0.2) is 34.5 Å². The number of nitrogens with zero attached hydrogens (tertiary/aromatic N) is 1. The summed E-state index contributed by atoms with van der Waals surface area (Å²) in [5, 5.41) is 17.3. The molecule has 0 aliphatic carbocycles. The Balaban J connectivity index is 2.71. The molecule has 0 unspecified atom stereocenters. The number of nitrogens with one attached hydrogen (secondary N) is 2. The van der Waals surface area contributed by atoms with Crippen molar-refractivity contribution in [1.29, 1.82) is 0 Å². The Morgan fingerprint density at radius 1 is 1.60 bits per heavy atom. The summed E-state index contributed by atoms with van der Waals surface area (Å²) in [6.45, 7) is 1.76. The number of carbonyl (C=O) groups is 2. The van der Waals surface area contributed by atoms with Crippen LogP contribution in [0.3, 0.4) is 0 Å². The number of aromatic nitrogens is 2. The highest BCUT2D eigenvalue weighted by Gasteiger charge is 2.15. The molecule has 0 radical (unpaired) electrons. The van der Waals surface area contributed by atoms with E-state index in [1.807, 2.05) is 0 Å². The number of aromatic carboxylic acids is 1. The predicted molar refractivity (Wildman–Crippen MR) is 49.5 cm³/mol. The Kier molecular flexibility index (Phi) is 3.27. The Morgan fingerprint density at radius 3 is 2.73 bits per heavy atom. The maximum atomic E-state index is 10.8. The minimum Gasteiger partial charge on any atom is -0.476 e. The first-order chi connectivity index (χ1) is 7.06. The Labute approximate surface area is 85.4 Å². The van der Waals surface area contributed by atoms with E-state index in [0.29, 0.717) is 11.3 Å². The Hall–Kier alpha value is -2.05. The third kappa shape index (κ3) is 2.46. The number of rotatable bonds is 3. The molecule has 0 aromatic carbocycles. The summed E-state index contributed by atoms with van der Waals surface area (Å²) in [5.74, 6) is -1.10. The second kappa shape index (κ2) is 4.45. The predicted octanol–water partition coefficient (Wildman–Crippen LogP) is 0.272. The first-order valence-corrected chi connectivity index (χ1v) is 4.15.